The number of aliphatic hydroxyl groups excluding tert-OH is 1. The Labute approximate surface area is 117 Å². The Morgan fingerprint density at radius 2 is 1.74 bits per heavy atom. The van der Waals surface area contributed by atoms with Crippen LogP contribution in [-0.2, 0) is 0 Å². The minimum absolute atomic E-state index is 0.270. The number of benzene rings is 1. The quantitative estimate of drug-likeness (QED) is 0.756. The molecule has 0 saturated carbocycles. The van der Waals surface area contributed by atoms with Crippen LogP contribution in [0.3, 0.4) is 0 Å². The number of aryl methyl sites for hydroxylation is 1. The van der Waals surface area contributed by atoms with Crippen LogP contribution >= 0.6 is 0 Å². The SMILES string of the molecule is CCN(CC)CC(O)CN[C@@H](C)c1ccc(C)cc1. The van der Waals surface area contributed by atoms with E-state index in [-0.39, 0.29) is 12.1 Å². The van der Waals surface area contributed by atoms with Gasteiger partial charge in [0.25, 0.3) is 0 Å². The number of nitrogens with one attached hydrogen (secondary N) is 1. The summed E-state index contributed by atoms with van der Waals surface area (Å²) in [5.74, 6) is 0. The summed E-state index contributed by atoms with van der Waals surface area (Å²) >= 11 is 0. The molecule has 2 atom stereocenters. The monoisotopic (exact) mass is 264 g/mol. The molecular formula is C16H28N2O. The van der Waals surface area contributed by atoms with Gasteiger partial charge in [-0.15, -0.1) is 0 Å². The molecule has 0 spiro atoms. The molecule has 1 aromatic carbocycles. The molecule has 108 valence electrons. The average Bonchev–Trinajstić information content (AvgIpc) is 2.43. The number of nitrogens with zero attached hydrogens (tertiary/aromatic N) is 1. The second-order valence-electron chi connectivity index (χ2n) is 5.18. The van der Waals surface area contributed by atoms with Gasteiger partial charge in [0.1, 0.15) is 0 Å². The van der Waals surface area contributed by atoms with Gasteiger partial charge in [0.2, 0.25) is 0 Å². The highest BCUT2D eigenvalue weighted by atomic mass is 16.3. The molecule has 1 aromatic rings. The van der Waals surface area contributed by atoms with Crippen molar-refractivity contribution in [3.05, 3.63) is 35.4 Å². The number of likely N-dealkylation sites (N-methyl/N-ethyl adjacent to an activating group) is 1. The Morgan fingerprint density at radius 1 is 1.16 bits per heavy atom. The van der Waals surface area contributed by atoms with E-state index in [1.54, 1.807) is 0 Å². The van der Waals surface area contributed by atoms with E-state index in [0.29, 0.717) is 6.54 Å². The average molecular weight is 264 g/mol. The van der Waals surface area contributed by atoms with Gasteiger partial charge in [-0.2, -0.15) is 0 Å². The molecule has 0 aromatic heterocycles. The van der Waals surface area contributed by atoms with Crippen LogP contribution in [0.15, 0.2) is 24.3 Å². The Kier molecular flexibility index (Phi) is 7.06. The summed E-state index contributed by atoms with van der Waals surface area (Å²) in [7, 11) is 0. The smallest absolute Gasteiger partial charge is 0.0791 e. The molecule has 0 bridgehead atoms. The summed E-state index contributed by atoms with van der Waals surface area (Å²) in [6, 6.07) is 8.81. The van der Waals surface area contributed by atoms with Gasteiger partial charge in [-0.05, 0) is 32.5 Å². The first-order valence-electron chi connectivity index (χ1n) is 7.27. The van der Waals surface area contributed by atoms with Crippen LogP contribution in [0.5, 0.6) is 0 Å². The lowest BCUT2D eigenvalue weighted by atomic mass is 10.1. The van der Waals surface area contributed by atoms with Crippen molar-refractivity contribution in [3.63, 3.8) is 0 Å². The van der Waals surface area contributed by atoms with Crippen LogP contribution in [0, 0.1) is 6.92 Å². The van der Waals surface area contributed by atoms with E-state index in [9.17, 15) is 5.11 Å². The third-order valence-electron chi connectivity index (χ3n) is 3.60. The molecule has 0 heterocycles. The van der Waals surface area contributed by atoms with Gasteiger partial charge in [-0.1, -0.05) is 43.7 Å². The molecular weight excluding hydrogens is 236 g/mol. The molecule has 3 nitrogen and oxygen atoms in total. The van der Waals surface area contributed by atoms with Gasteiger partial charge in [-0.3, -0.25) is 0 Å². The van der Waals surface area contributed by atoms with Crippen LogP contribution in [0.4, 0.5) is 0 Å². The van der Waals surface area contributed by atoms with Crippen molar-refractivity contribution >= 4 is 0 Å². The molecule has 0 aliphatic carbocycles. The number of rotatable bonds is 8. The molecule has 19 heavy (non-hydrogen) atoms. The summed E-state index contributed by atoms with van der Waals surface area (Å²) in [6.07, 6.45) is -0.312. The van der Waals surface area contributed by atoms with E-state index in [1.165, 1.54) is 11.1 Å². The zero-order valence-corrected chi connectivity index (χ0v) is 12.7. The van der Waals surface area contributed by atoms with Crippen molar-refractivity contribution in [1.29, 1.82) is 0 Å². The fourth-order valence-electron chi connectivity index (χ4n) is 2.13. The van der Waals surface area contributed by atoms with Crippen LogP contribution in [0.25, 0.3) is 0 Å². The maximum atomic E-state index is 10.0. The van der Waals surface area contributed by atoms with E-state index in [1.807, 2.05) is 0 Å². The van der Waals surface area contributed by atoms with Crippen LogP contribution in [0.2, 0.25) is 0 Å². The first-order chi connectivity index (χ1) is 9.06. The summed E-state index contributed by atoms with van der Waals surface area (Å²) in [6.45, 7) is 11.8. The predicted molar refractivity (Wildman–Crippen MR) is 81.4 cm³/mol. The summed E-state index contributed by atoms with van der Waals surface area (Å²) in [5.41, 5.74) is 2.54. The number of aliphatic hydroxyl groups is 1. The van der Waals surface area contributed by atoms with Gasteiger partial charge in [-0.25, -0.2) is 0 Å². The zero-order chi connectivity index (χ0) is 14.3. The molecule has 0 aliphatic rings. The second-order valence-corrected chi connectivity index (χ2v) is 5.18. The van der Waals surface area contributed by atoms with Crippen molar-refractivity contribution in [1.82, 2.24) is 10.2 Å². The Bertz CT molecular complexity index is 346. The van der Waals surface area contributed by atoms with Crippen LogP contribution < -0.4 is 5.32 Å². The fraction of sp³-hybridized carbons (Fsp3) is 0.625. The first-order valence-corrected chi connectivity index (χ1v) is 7.27. The van der Waals surface area contributed by atoms with E-state index < -0.39 is 0 Å². The molecule has 0 aliphatic heterocycles. The van der Waals surface area contributed by atoms with E-state index in [4.69, 9.17) is 0 Å². The molecule has 0 radical (unpaired) electrons. The summed E-state index contributed by atoms with van der Waals surface area (Å²) in [4.78, 5) is 2.24. The lowest BCUT2D eigenvalue weighted by molar-refractivity contribution is 0.114. The molecule has 1 unspecified atom stereocenters. The first kappa shape index (κ1) is 16.2. The normalized spacial score (nSPS) is 14.6. The van der Waals surface area contributed by atoms with Crippen LogP contribution in [0.1, 0.15) is 37.9 Å². The molecule has 0 amide bonds. The largest absolute Gasteiger partial charge is 0.390 e. The Balaban J connectivity index is 2.37. The maximum Gasteiger partial charge on any atom is 0.0791 e. The van der Waals surface area contributed by atoms with Gasteiger partial charge < -0.3 is 15.3 Å². The van der Waals surface area contributed by atoms with Crippen molar-refractivity contribution in [2.45, 2.75) is 39.8 Å². The number of hydrogen-bond acceptors (Lipinski definition) is 3. The van der Waals surface area contributed by atoms with E-state index in [0.717, 1.165) is 19.6 Å². The lowest BCUT2D eigenvalue weighted by Crippen LogP contribution is -2.38. The van der Waals surface area contributed by atoms with Gasteiger partial charge in [0.05, 0.1) is 6.10 Å². The van der Waals surface area contributed by atoms with Crippen molar-refractivity contribution in [2.75, 3.05) is 26.2 Å². The van der Waals surface area contributed by atoms with Gasteiger partial charge in [0.15, 0.2) is 0 Å². The lowest BCUT2D eigenvalue weighted by Gasteiger charge is -2.23. The summed E-state index contributed by atoms with van der Waals surface area (Å²) in [5, 5.41) is 13.4. The molecule has 3 heteroatoms. The standard InChI is InChI=1S/C16H28N2O/c1-5-18(6-2)12-16(19)11-17-14(4)15-9-7-13(3)8-10-15/h7-10,14,16-17,19H,5-6,11-12H2,1-4H3/t14-,16?/m0/s1. The highest BCUT2D eigenvalue weighted by molar-refractivity contribution is 5.23. The Hall–Kier alpha value is -0.900. The third-order valence-corrected chi connectivity index (χ3v) is 3.60. The highest BCUT2D eigenvalue weighted by Gasteiger charge is 2.11. The highest BCUT2D eigenvalue weighted by Crippen LogP contribution is 2.12. The van der Waals surface area contributed by atoms with Crippen molar-refractivity contribution < 1.29 is 5.11 Å². The second kappa shape index (κ2) is 8.31. The van der Waals surface area contributed by atoms with E-state index in [2.05, 4.69) is 62.2 Å². The van der Waals surface area contributed by atoms with Gasteiger partial charge >= 0.3 is 0 Å². The Morgan fingerprint density at radius 3 is 2.26 bits per heavy atom. The topological polar surface area (TPSA) is 35.5 Å². The van der Waals surface area contributed by atoms with E-state index >= 15 is 0 Å². The molecule has 0 saturated heterocycles. The minimum atomic E-state index is -0.312. The minimum Gasteiger partial charge on any atom is -0.390 e. The van der Waals surface area contributed by atoms with Crippen LogP contribution in [-0.4, -0.2) is 42.3 Å². The zero-order valence-electron chi connectivity index (χ0n) is 12.7. The third kappa shape index (κ3) is 5.72. The van der Waals surface area contributed by atoms with Gasteiger partial charge in [0, 0.05) is 19.1 Å². The maximum absolute atomic E-state index is 10.0. The molecule has 1 rings (SSSR count). The molecule has 0 fully saturated rings. The fourth-order valence-corrected chi connectivity index (χ4v) is 2.13. The van der Waals surface area contributed by atoms with Crippen molar-refractivity contribution in [2.24, 2.45) is 0 Å². The molecule has 2 N–H and O–H groups in total. The van der Waals surface area contributed by atoms with Crippen molar-refractivity contribution in [3.8, 4) is 0 Å². The number of hydrogen-bond donors (Lipinski definition) is 2. The summed E-state index contributed by atoms with van der Waals surface area (Å²) < 4.78 is 0. The predicted octanol–water partition coefficient (Wildman–Crippen LogP) is 2.35.